The molecule has 3 unspecified atom stereocenters. The van der Waals surface area contributed by atoms with E-state index in [1.165, 1.54) is 7.11 Å². The molecule has 9 heteroatoms. The van der Waals surface area contributed by atoms with Crippen molar-refractivity contribution in [3.05, 3.63) is 34.9 Å². The van der Waals surface area contributed by atoms with E-state index in [1.807, 2.05) is 52.8 Å². The van der Waals surface area contributed by atoms with Gasteiger partial charge in [0.2, 0.25) is 11.8 Å². The van der Waals surface area contributed by atoms with E-state index in [0.717, 1.165) is 17.5 Å². The smallest absolute Gasteiger partial charge is 0.408 e. The first kappa shape index (κ1) is 34.9. The zero-order valence-corrected chi connectivity index (χ0v) is 26.3. The summed E-state index contributed by atoms with van der Waals surface area (Å²) in [6.45, 7) is 18.9. The second kappa shape index (κ2) is 15.6. The maximum atomic E-state index is 14.4. The summed E-state index contributed by atoms with van der Waals surface area (Å²) in [4.78, 5) is 54.5. The van der Waals surface area contributed by atoms with Gasteiger partial charge in [-0.25, -0.2) is 4.79 Å². The second-order valence-corrected chi connectivity index (χ2v) is 12.5. The number of carbonyl (C=O) groups excluding carboxylic acids is 4. The Labute approximate surface area is 240 Å². The van der Waals surface area contributed by atoms with Crippen molar-refractivity contribution in [3.63, 3.8) is 0 Å². The molecule has 0 aromatic heterocycles. The number of amides is 3. The monoisotopic (exact) mass is 561 g/mol. The molecule has 2 N–H and O–H groups in total. The molecule has 226 valence electrons. The van der Waals surface area contributed by atoms with Crippen LogP contribution in [0.1, 0.15) is 97.4 Å². The quantitative estimate of drug-likeness (QED) is 0.319. The summed E-state index contributed by atoms with van der Waals surface area (Å²) >= 11 is 0. The summed E-state index contributed by atoms with van der Waals surface area (Å²) in [5.74, 6) is -1.01. The molecule has 1 aromatic rings. The Kier molecular flexibility index (Phi) is 13.6. The zero-order valence-electron chi connectivity index (χ0n) is 26.3. The van der Waals surface area contributed by atoms with E-state index in [1.54, 1.807) is 25.7 Å². The SMILES string of the molecule is COC(=O)CNC(=O)C(c1cc(C)cc(C)c1)N(C(=O)C(CC(C)C)NC(=O)OC(C)(C)C)C(C)CCC(C)C. The summed E-state index contributed by atoms with van der Waals surface area (Å²) in [5.41, 5.74) is 1.77. The molecular weight excluding hydrogens is 510 g/mol. The highest BCUT2D eigenvalue weighted by Crippen LogP contribution is 2.29. The maximum absolute atomic E-state index is 14.4. The first-order chi connectivity index (χ1) is 18.4. The van der Waals surface area contributed by atoms with E-state index in [2.05, 4.69) is 24.5 Å². The molecule has 0 aliphatic heterocycles. The Morgan fingerprint density at radius 2 is 1.48 bits per heavy atom. The average Bonchev–Trinajstić information content (AvgIpc) is 2.81. The highest BCUT2D eigenvalue weighted by atomic mass is 16.6. The van der Waals surface area contributed by atoms with Crippen LogP contribution in [0.4, 0.5) is 4.79 Å². The molecule has 0 heterocycles. The maximum Gasteiger partial charge on any atom is 0.408 e. The van der Waals surface area contributed by atoms with Gasteiger partial charge in [-0.1, -0.05) is 57.0 Å². The Hall–Kier alpha value is -3.10. The van der Waals surface area contributed by atoms with Crippen molar-refractivity contribution < 1.29 is 28.7 Å². The summed E-state index contributed by atoms with van der Waals surface area (Å²) in [5, 5.41) is 5.43. The molecule has 3 atom stereocenters. The fourth-order valence-corrected chi connectivity index (χ4v) is 4.57. The first-order valence-electron chi connectivity index (χ1n) is 14.2. The van der Waals surface area contributed by atoms with Gasteiger partial charge in [0.15, 0.2) is 0 Å². The molecule has 40 heavy (non-hydrogen) atoms. The van der Waals surface area contributed by atoms with Crippen LogP contribution in [0.25, 0.3) is 0 Å². The van der Waals surface area contributed by atoms with Crippen LogP contribution >= 0.6 is 0 Å². The van der Waals surface area contributed by atoms with Crippen molar-refractivity contribution in [2.75, 3.05) is 13.7 Å². The topological polar surface area (TPSA) is 114 Å². The van der Waals surface area contributed by atoms with E-state index in [-0.39, 0.29) is 24.4 Å². The van der Waals surface area contributed by atoms with E-state index in [0.29, 0.717) is 24.3 Å². The van der Waals surface area contributed by atoms with Gasteiger partial charge in [-0.05, 0) is 78.2 Å². The molecule has 1 rings (SSSR count). The van der Waals surface area contributed by atoms with Gasteiger partial charge in [0, 0.05) is 6.04 Å². The van der Waals surface area contributed by atoms with Crippen molar-refractivity contribution in [1.82, 2.24) is 15.5 Å². The number of esters is 1. The molecule has 0 saturated carbocycles. The molecule has 0 saturated heterocycles. The number of hydrogen-bond donors (Lipinski definition) is 2. The lowest BCUT2D eigenvalue weighted by molar-refractivity contribution is -0.147. The minimum absolute atomic E-state index is 0.0736. The summed E-state index contributed by atoms with van der Waals surface area (Å²) < 4.78 is 10.2. The van der Waals surface area contributed by atoms with Crippen LogP contribution in [0.5, 0.6) is 0 Å². The minimum Gasteiger partial charge on any atom is -0.468 e. The van der Waals surface area contributed by atoms with Crippen LogP contribution in [0.2, 0.25) is 0 Å². The molecule has 9 nitrogen and oxygen atoms in total. The standard InChI is InChI=1S/C31H51N3O6/c1-19(2)12-13-23(7)34(29(37)25(14-20(3)4)33-30(38)40-31(8,9)10)27(28(36)32-18-26(35)39-11)24-16-21(5)15-22(6)17-24/h15-17,19-20,23,25,27H,12-14,18H2,1-11H3,(H,32,36)(H,33,38). The average molecular weight is 562 g/mol. The van der Waals surface area contributed by atoms with E-state index < -0.39 is 35.7 Å². The number of methoxy groups -OCH3 is 1. The Bertz CT molecular complexity index is 995. The van der Waals surface area contributed by atoms with Crippen LogP contribution < -0.4 is 10.6 Å². The number of alkyl carbamates (subject to hydrolysis) is 1. The van der Waals surface area contributed by atoms with Crippen LogP contribution in [0.15, 0.2) is 18.2 Å². The van der Waals surface area contributed by atoms with Gasteiger partial charge in [0.05, 0.1) is 7.11 Å². The largest absolute Gasteiger partial charge is 0.468 e. The highest BCUT2D eigenvalue weighted by Gasteiger charge is 2.39. The van der Waals surface area contributed by atoms with E-state index in [4.69, 9.17) is 9.47 Å². The molecule has 0 spiro atoms. The van der Waals surface area contributed by atoms with E-state index >= 15 is 0 Å². The number of nitrogens with zero attached hydrogens (tertiary/aromatic N) is 1. The summed E-state index contributed by atoms with van der Waals surface area (Å²) in [6, 6.07) is 3.45. The fraction of sp³-hybridized carbons (Fsp3) is 0.677. The molecule has 0 radical (unpaired) electrons. The highest BCUT2D eigenvalue weighted by molar-refractivity contribution is 5.93. The molecule has 3 amide bonds. The first-order valence-corrected chi connectivity index (χ1v) is 14.2. The molecule has 0 aliphatic carbocycles. The van der Waals surface area contributed by atoms with E-state index in [9.17, 15) is 19.2 Å². The minimum atomic E-state index is -1.03. The van der Waals surface area contributed by atoms with Crippen LogP contribution in [-0.4, -0.2) is 60.1 Å². The van der Waals surface area contributed by atoms with Crippen molar-refractivity contribution in [2.24, 2.45) is 11.8 Å². The van der Waals surface area contributed by atoms with Gasteiger partial charge < -0.3 is 25.0 Å². The van der Waals surface area contributed by atoms with Gasteiger partial charge in [0.1, 0.15) is 24.2 Å². The van der Waals surface area contributed by atoms with Gasteiger partial charge in [-0.3, -0.25) is 14.4 Å². The van der Waals surface area contributed by atoms with Crippen LogP contribution in [0, 0.1) is 25.7 Å². The fourth-order valence-electron chi connectivity index (χ4n) is 4.57. The lowest BCUT2D eigenvalue weighted by atomic mass is 9.94. The predicted octanol–water partition coefficient (Wildman–Crippen LogP) is 5.23. The molecule has 0 fully saturated rings. The zero-order chi connectivity index (χ0) is 30.8. The molecule has 1 aromatic carbocycles. The van der Waals surface area contributed by atoms with Crippen LogP contribution in [0.3, 0.4) is 0 Å². The van der Waals surface area contributed by atoms with Crippen molar-refractivity contribution >= 4 is 23.9 Å². The summed E-state index contributed by atoms with van der Waals surface area (Å²) in [6.07, 6.45) is 1.15. The number of nitrogens with one attached hydrogen (secondary N) is 2. The van der Waals surface area contributed by atoms with Gasteiger partial charge in [-0.2, -0.15) is 0 Å². The number of aryl methyl sites for hydroxylation is 2. The lowest BCUT2D eigenvalue weighted by Crippen LogP contribution is -2.56. The number of carbonyl (C=O) groups is 4. The van der Waals surface area contributed by atoms with Gasteiger partial charge in [-0.15, -0.1) is 0 Å². The Morgan fingerprint density at radius 1 is 0.900 bits per heavy atom. The summed E-state index contributed by atoms with van der Waals surface area (Å²) in [7, 11) is 1.25. The second-order valence-electron chi connectivity index (χ2n) is 12.5. The number of benzene rings is 1. The van der Waals surface area contributed by atoms with Gasteiger partial charge >= 0.3 is 12.1 Å². The lowest BCUT2D eigenvalue weighted by Gasteiger charge is -2.39. The molecular formula is C31H51N3O6. The van der Waals surface area contributed by atoms with Gasteiger partial charge in [0.25, 0.3) is 0 Å². The molecule has 0 aliphatic rings. The Balaban J connectivity index is 3.69. The normalized spacial score (nSPS) is 13.8. The third kappa shape index (κ3) is 12.0. The number of ether oxygens (including phenoxy) is 2. The number of hydrogen-bond acceptors (Lipinski definition) is 6. The van der Waals surface area contributed by atoms with Crippen molar-refractivity contribution in [3.8, 4) is 0 Å². The Morgan fingerprint density at radius 3 is 1.95 bits per heavy atom. The third-order valence-corrected chi connectivity index (χ3v) is 6.31. The van der Waals surface area contributed by atoms with Crippen molar-refractivity contribution in [1.29, 1.82) is 0 Å². The third-order valence-electron chi connectivity index (χ3n) is 6.31. The number of rotatable bonds is 13. The van der Waals surface area contributed by atoms with Crippen molar-refractivity contribution in [2.45, 2.75) is 112 Å². The predicted molar refractivity (Wildman–Crippen MR) is 157 cm³/mol. The van der Waals surface area contributed by atoms with Crippen LogP contribution in [-0.2, 0) is 23.9 Å². The molecule has 0 bridgehead atoms.